The number of carbonyl (C=O) groups excluding carboxylic acids is 1. The van der Waals surface area contributed by atoms with Gasteiger partial charge in [0.25, 0.3) is 0 Å². The Morgan fingerprint density at radius 1 is 1.45 bits per heavy atom. The van der Waals surface area contributed by atoms with Crippen molar-refractivity contribution in [1.82, 2.24) is 19.6 Å². The predicted molar refractivity (Wildman–Crippen MR) is 79.0 cm³/mol. The summed E-state index contributed by atoms with van der Waals surface area (Å²) in [5, 5.41) is 3.74. The standard InChI is InChI=1S/C15H18N4O3/c1-11-5-4-8-18(9-11)13(20)10-19-14(17-22-15(19)21)12-6-2-3-7-16-12/h2-3,6-7,11H,4-5,8-10H2,1H3/t11-/m1/s1. The number of nitrogens with zero attached hydrogens (tertiary/aromatic N) is 4. The third-order valence-electron chi connectivity index (χ3n) is 3.88. The number of likely N-dealkylation sites (tertiary alicyclic amines) is 1. The van der Waals surface area contributed by atoms with E-state index >= 15 is 0 Å². The van der Waals surface area contributed by atoms with Crippen molar-refractivity contribution in [2.75, 3.05) is 13.1 Å². The summed E-state index contributed by atoms with van der Waals surface area (Å²) in [7, 11) is 0. The fourth-order valence-corrected chi connectivity index (χ4v) is 2.74. The third-order valence-corrected chi connectivity index (χ3v) is 3.88. The lowest BCUT2D eigenvalue weighted by Crippen LogP contribution is -2.41. The van der Waals surface area contributed by atoms with Crippen LogP contribution in [0.15, 0.2) is 33.7 Å². The van der Waals surface area contributed by atoms with Gasteiger partial charge >= 0.3 is 5.76 Å². The van der Waals surface area contributed by atoms with Crippen LogP contribution in [-0.2, 0) is 11.3 Å². The number of carbonyl (C=O) groups is 1. The Hall–Kier alpha value is -2.44. The van der Waals surface area contributed by atoms with E-state index in [1.807, 2.05) is 0 Å². The molecule has 3 rings (SSSR count). The first-order valence-corrected chi connectivity index (χ1v) is 7.41. The molecule has 116 valence electrons. The largest absolute Gasteiger partial charge is 0.442 e. The van der Waals surface area contributed by atoms with Crippen LogP contribution in [0.5, 0.6) is 0 Å². The average Bonchev–Trinajstić information content (AvgIpc) is 2.89. The zero-order valence-corrected chi connectivity index (χ0v) is 12.4. The second-order valence-corrected chi connectivity index (χ2v) is 5.66. The van der Waals surface area contributed by atoms with E-state index in [-0.39, 0.29) is 18.3 Å². The molecule has 2 aromatic rings. The Balaban J connectivity index is 1.82. The Morgan fingerprint density at radius 3 is 3.05 bits per heavy atom. The second-order valence-electron chi connectivity index (χ2n) is 5.66. The smallest absolute Gasteiger partial charge is 0.341 e. The molecule has 0 spiro atoms. The lowest BCUT2D eigenvalue weighted by atomic mass is 10.0. The van der Waals surface area contributed by atoms with Crippen LogP contribution in [0.3, 0.4) is 0 Å². The first-order chi connectivity index (χ1) is 10.6. The third kappa shape index (κ3) is 2.93. The van der Waals surface area contributed by atoms with Crippen molar-refractivity contribution in [2.24, 2.45) is 5.92 Å². The molecule has 1 fully saturated rings. The van der Waals surface area contributed by atoms with E-state index in [9.17, 15) is 9.59 Å². The van der Waals surface area contributed by atoms with Gasteiger partial charge in [0.15, 0.2) is 0 Å². The molecule has 7 heteroatoms. The fraction of sp³-hybridized carbons (Fsp3) is 0.467. The molecule has 0 unspecified atom stereocenters. The van der Waals surface area contributed by atoms with Crippen molar-refractivity contribution in [2.45, 2.75) is 26.3 Å². The number of hydrogen-bond acceptors (Lipinski definition) is 5. The van der Waals surface area contributed by atoms with E-state index in [1.54, 1.807) is 29.3 Å². The fourth-order valence-electron chi connectivity index (χ4n) is 2.74. The van der Waals surface area contributed by atoms with Gasteiger partial charge in [-0.1, -0.05) is 18.1 Å². The average molecular weight is 302 g/mol. The first-order valence-electron chi connectivity index (χ1n) is 7.41. The highest BCUT2D eigenvalue weighted by Crippen LogP contribution is 2.17. The summed E-state index contributed by atoms with van der Waals surface area (Å²) < 4.78 is 5.95. The SMILES string of the molecule is C[C@@H]1CCCN(C(=O)Cn2c(-c3ccccn3)noc2=O)C1. The highest BCUT2D eigenvalue weighted by molar-refractivity contribution is 5.76. The number of amides is 1. The molecule has 0 saturated carbocycles. The molecule has 1 atom stereocenters. The molecule has 2 aromatic heterocycles. The topological polar surface area (TPSA) is 81.2 Å². The molecular formula is C15H18N4O3. The number of rotatable bonds is 3. The summed E-state index contributed by atoms with van der Waals surface area (Å²) in [5.74, 6) is 0.0456. The van der Waals surface area contributed by atoms with E-state index < -0.39 is 5.76 Å². The predicted octanol–water partition coefficient (Wildman–Crippen LogP) is 1.16. The maximum atomic E-state index is 12.4. The van der Waals surface area contributed by atoms with Gasteiger partial charge in [-0.15, -0.1) is 0 Å². The molecule has 1 aliphatic rings. The lowest BCUT2D eigenvalue weighted by molar-refractivity contribution is -0.133. The molecule has 1 saturated heterocycles. The molecular weight excluding hydrogens is 284 g/mol. The summed E-state index contributed by atoms with van der Waals surface area (Å²) in [4.78, 5) is 30.2. The highest BCUT2D eigenvalue weighted by Gasteiger charge is 2.23. The van der Waals surface area contributed by atoms with Crippen LogP contribution in [0.25, 0.3) is 11.5 Å². The van der Waals surface area contributed by atoms with Crippen molar-refractivity contribution in [3.63, 3.8) is 0 Å². The van der Waals surface area contributed by atoms with Crippen molar-refractivity contribution in [3.05, 3.63) is 34.9 Å². The first kappa shape index (κ1) is 14.5. The summed E-state index contributed by atoms with van der Waals surface area (Å²) in [6, 6.07) is 5.29. The Morgan fingerprint density at radius 2 is 2.32 bits per heavy atom. The van der Waals surface area contributed by atoms with Crippen molar-refractivity contribution >= 4 is 5.91 Å². The molecule has 0 radical (unpaired) electrons. The van der Waals surface area contributed by atoms with Crippen LogP contribution in [-0.4, -0.2) is 38.6 Å². The van der Waals surface area contributed by atoms with Crippen LogP contribution in [0.2, 0.25) is 0 Å². The summed E-state index contributed by atoms with van der Waals surface area (Å²) in [6.07, 6.45) is 3.74. The van der Waals surface area contributed by atoms with Gasteiger partial charge in [0, 0.05) is 19.3 Å². The van der Waals surface area contributed by atoms with Gasteiger partial charge in [-0.05, 0) is 30.9 Å². The molecule has 0 aromatic carbocycles. The Kier molecular flexibility index (Phi) is 4.04. The van der Waals surface area contributed by atoms with Gasteiger partial charge in [0.2, 0.25) is 11.7 Å². The number of aromatic nitrogens is 3. The molecule has 7 nitrogen and oxygen atoms in total. The normalized spacial score (nSPS) is 18.4. The summed E-state index contributed by atoms with van der Waals surface area (Å²) in [5.41, 5.74) is 0.508. The number of piperidine rings is 1. The van der Waals surface area contributed by atoms with E-state index in [2.05, 4.69) is 17.1 Å². The zero-order valence-electron chi connectivity index (χ0n) is 12.4. The molecule has 0 N–H and O–H groups in total. The van der Waals surface area contributed by atoms with Crippen LogP contribution >= 0.6 is 0 Å². The van der Waals surface area contributed by atoms with Crippen molar-refractivity contribution in [1.29, 1.82) is 0 Å². The molecule has 1 aliphatic heterocycles. The molecule has 0 aliphatic carbocycles. The van der Waals surface area contributed by atoms with Crippen LogP contribution in [0, 0.1) is 5.92 Å². The summed E-state index contributed by atoms with van der Waals surface area (Å²) in [6.45, 7) is 3.53. The maximum Gasteiger partial charge on any atom is 0.442 e. The van der Waals surface area contributed by atoms with Crippen LogP contribution < -0.4 is 5.76 Å². The molecule has 1 amide bonds. The number of pyridine rings is 1. The van der Waals surface area contributed by atoms with Gasteiger partial charge in [-0.2, -0.15) is 0 Å². The summed E-state index contributed by atoms with van der Waals surface area (Å²) >= 11 is 0. The highest BCUT2D eigenvalue weighted by atomic mass is 16.5. The minimum atomic E-state index is -0.640. The molecule has 3 heterocycles. The zero-order chi connectivity index (χ0) is 15.5. The van der Waals surface area contributed by atoms with E-state index in [0.717, 1.165) is 25.9 Å². The minimum absolute atomic E-state index is 0.0685. The lowest BCUT2D eigenvalue weighted by Gasteiger charge is -2.30. The van der Waals surface area contributed by atoms with Crippen LogP contribution in [0.1, 0.15) is 19.8 Å². The molecule has 22 heavy (non-hydrogen) atoms. The van der Waals surface area contributed by atoms with E-state index in [1.165, 1.54) is 4.57 Å². The number of hydrogen-bond donors (Lipinski definition) is 0. The second kappa shape index (κ2) is 6.13. The van der Waals surface area contributed by atoms with E-state index in [4.69, 9.17) is 4.52 Å². The van der Waals surface area contributed by atoms with Crippen molar-refractivity contribution < 1.29 is 9.32 Å². The quantitative estimate of drug-likeness (QED) is 0.849. The van der Waals surface area contributed by atoms with E-state index in [0.29, 0.717) is 11.6 Å². The monoisotopic (exact) mass is 302 g/mol. The minimum Gasteiger partial charge on any atom is -0.341 e. The molecule has 0 bridgehead atoms. The van der Waals surface area contributed by atoms with Gasteiger partial charge in [-0.25, -0.2) is 9.36 Å². The van der Waals surface area contributed by atoms with Gasteiger partial charge < -0.3 is 4.90 Å². The Labute approximate surface area is 127 Å². The Bertz CT molecular complexity index is 707. The van der Waals surface area contributed by atoms with Gasteiger partial charge in [0.1, 0.15) is 12.2 Å². The van der Waals surface area contributed by atoms with Crippen LogP contribution in [0.4, 0.5) is 0 Å². The van der Waals surface area contributed by atoms with Gasteiger partial charge in [0.05, 0.1) is 0 Å². The maximum absolute atomic E-state index is 12.4. The van der Waals surface area contributed by atoms with Crippen molar-refractivity contribution in [3.8, 4) is 11.5 Å². The van der Waals surface area contributed by atoms with Gasteiger partial charge in [-0.3, -0.25) is 14.3 Å².